The molecule has 4 heterocycles. The Morgan fingerprint density at radius 3 is 3.00 bits per heavy atom. The van der Waals surface area contributed by atoms with Crippen LogP contribution in [-0.4, -0.2) is 56.6 Å². The van der Waals surface area contributed by atoms with E-state index in [1.807, 2.05) is 49.3 Å². The van der Waals surface area contributed by atoms with Crippen LogP contribution >= 0.6 is 0 Å². The maximum Gasteiger partial charge on any atom is 0.222 e. The minimum atomic E-state index is 0.223. The quantitative estimate of drug-likeness (QED) is 0.696. The van der Waals surface area contributed by atoms with Gasteiger partial charge in [0, 0.05) is 39.0 Å². The summed E-state index contributed by atoms with van der Waals surface area (Å²) in [5, 5.41) is 4.39. The molecule has 0 N–H and O–H groups in total. The van der Waals surface area contributed by atoms with E-state index in [1.165, 1.54) is 0 Å². The first-order chi connectivity index (χ1) is 13.2. The van der Waals surface area contributed by atoms with Gasteiger partial charge in [0.2, 0.25) is 5.91 Å². The van der Waals surface area contributed by atoms with E-state index >= 15 is 0 Å². The van der Waals surface area contributed by atoms with Crippen molar-refractivity contribution in [2.75, 3.05) is 25.0 Å². The Balaban J connectivity index is 1.57. The molecule has 0 radical (unpaired) electrons. The van der Waals surface area contributed by atoms with Crippen LogP contribution in [0.1, 0.15) is 26.2 Å². The number of likely N-dealkylation sites (N-methyl/N-ethyl adjacent to an activating group) is 1. The lowest BCUT2D eigenvalue weighted by Gasteiger charge is -2.25. The summed E-state index contributed by atoms with van der Waals surface area (Å²) in [7, 11) is 1.92. The minimum Gasteiger partial charge on any atom is -0.354 e. The summed E-state index contributed by atoms with van der Waals surface area (Å²) in [6.07, 6.45) is 7.97. The van der Waals surface area contributed by atoms with Crippen LogP contribution in [-0.2, 0) is 4.79 Å². The highest BCUT2D eigenvalue weighted by Gasteiger charge is 2.29. The molecule has 1 atom stereocenters. The van der Waals surface area contributed by atoms with Crippen LogP contribution in [0, 0.1) is 0 Å². The van der Waals surface area contributed by atoms with E-state index in [4.69, 9.17) is 4.98 Å². The number of aromatic nitrogens is 4. The summed E-state index contributed by atoms with van der Waals surface area (Å²) in [5.41, 5.74) is 2.58. The van der Waals surface area contributed by atoms with Crippen molar-refractivity contribution in [3.05, 3.63) is 42.9 Å². The summed E-state index contributed by atoms with van der Waals surface area (Å²) in [4.78, 5) is 25.6. The van der Waals surface area contributed by atoms with Crippen molar-refractivity contribution >= 4 is 17.4 Å². The highest BCUT2D eigenvalue weighted by Crippen LogP contribution is 2.25. The lowest BCUT2D eigenvalue weighted by Crippen LogP contribution is -2.39. The molecule has 0 spiro atoms. The van der Waals surface area contributed by atoms with Crippen LogP contribution in [0.15, 0.2) is 42.9 Å². The standard InChI is InChI=1S/C20H24N6O/c1-3-6-19(27)24(2)15-8-11-25(14-15)18-9-12-26-20(23-18)16(13-22-26)17-7-4-5-10-21-17/h4-5,7,9-10,12-13,15H,3,6,8,11,14H2,1-2H3. The van der Waals surface area contributed by atoms with Gasteiger partial charge in [0.1, 0.15) is 5.82 Å². The van der Waals surface area contributed by atoms with Gasteiger partial charge in [-0.25, -0.2) is 9.50 Å². The van der Waals surface area contributed by atoms with E-state index in [0.717, 1.165) is 48.7 Å². The molecule has 7 nitrogen and oxygen atoms in total. The summed E-state index contributed by atoms with van der Waals surface area (Å²) in [5.74, 6) is 1.14. The van der Waals surface area contributed by atoms with Crippen LogP contribution in [0.4, 0.5) is 5.82 Å². The van der Waals surface area contributed by atoms with Gasteiger partial charge in [-0.15, -0.1) is 0 Å². The fourth-order valence-electron chi connectivity index (χ4n) is 3.60. The van der Waals surface area contributed by atoms with Crippen molar-refractivity contribution in [2.45, 2.75) is 32.2 Å². The zero-order valence-electron chi connectivity index (χ0n) is 15.7. The van der Waals surface area contributed by atoms with Gasteiger partial charge in [0.15, 0.2) is 5.65 Å². The fourth-order valence-corrected chi connectivity index (χ4v) is 3.60. The minimum absolute atomic E-state index is 0.223. The molecule has 0 bridgehead atoms. The predicted molar refractivity (Wildman–Crippen MR) is 105 cm³/mol. The molecule has 1 saturated heterocycles. The van der Waals surface area contributed by atoms with E-state index in [-0.39, 0.29) is 11.9 Å². The Labute approximate surface area is 158 Å². The van der Waals surface area contributed by atoms with Gasteiger partial charge in [-0.1, -0.05) is 13.0 Å². The molecular formula is C20H24N6O. The van der Waals surface area contributed by atoms with Gasteiger partial charge in [0.25, 0.3) is 0 Å². The summed E-state index contributed by atoms with van der Waals surface area (Å²) in [6.45, 7) is 3.74. The number of carbonyl (C=O) groups is 1. The molecule has 1 aliphatic rings. The average Bonchev–Trinajstić information content (AvgIpc) is 3.35. The molecule has 7 heteroatoms. The fraction of sp³-hybridized carbons (Fsp3) is 0.400. The molecule has 140 valence electrons. The van der Waals surface area contributed by atoms with Crippen molar-refractivity contribution in [3.63, 3.8) is 0 Å². The van der Waals surface area contributed by atoms with Gasteiger partial charge in [-0.05, 0) is 31.0 Å². The molecule has 0 aliphatic carbocycles. The highest BCUT2D eigenvalue weighted by molar-refractivity contribution is 5.76. The van der Waals surface area contributed by atoms with E-state index in [1.54, 1.807) is 16.9 Å². The second-order valence-corrected chi connectivity index (χ2v) is 6.97. The third-order valence-corrected chi connectivity index (χ3v) is 5.19. The molecule has 3 aromatic heterocycles. The smallest absolute Gasteiger partial charge is 0.222 e. The predicted octanol–water partition coefficient (Wildman–Crippen LogP) is 2.63. The number of hydrogen-bond donors (Lipinski definition) is 0. The molecule has 1 aliphatic heterocycles. The summed E-state index contributed by atoms with van der Waals surface area (Å²) in [6, 6.07) is 8.05. The van der Waals surface area contributed by atoms with Crippen molar-refractivity contribution < 1.29 is 4.79 Å². The van der Waals surface area contributed by atoms with Crippen molar-refractivity contribution in [1.29, 1.82) is 0 Å². The Morgan fingerprint density at radius 2 is 2.22 bits per heavy atom. The van der Waals surface area contributed by atoms with Gasteiger partial charge >= 0.3 is 0 Å². The van der Waals surface area contributed by atoms with E-state index in [2.05, 4.69) is 15.0 Å². The van der Waals surface area contributed by atoms with Crippen LogP contribution in [0.25, 0.3) is 16.9 Å². The molecule has 0 saturated carbocycles. The monoisotopic (exact) mass is 364 g/mol. The number of carbonyl (C=O) groups excluding carboxylic acids is 1. The number of rotatable bonds is 5. The maximum absolute atomic E-state index is 12.2. The van der Waals surface area contributed by atoms with Crippen molar-refractivity contribution in [3.8, 4) is 11.3 Å². The second-order valence-electron chi connectivity index (χ2n) is 6.97. The highest BCUT2D eigenvalue weighted by atomic mass is 16.2. The van der Waals surface area contributed by atoms with E-state index in [0.29, 0.717) is 6.42 Å². The lowest BCUT2D eigenvalue weighted by atomic mass is 10.2. The Hall–Kier alpha value is -2.96. The Kier molecular flexibility index (Phi) is 4.75. The Bertz CT molecular complexity index is 938. The Morgan fingerprint density at radius 1 is 1.33 bits per heavy atom. The van der Waals surface area contributed by atoms with Gasteiger partial charge < -0.3 is 9.80 Å². The zero-order valence-corrected chi connectivity index (χ0v) is 15.7. The number of amides is 1. The van der Waals surface area contributed by atoms with Gasteiger partial charge in [0.05, 0.1) is 23.5 Å². The normalized spacial score (nSPS) is 16.8. The molecule has 3 aromatic rings. The molecule has 1 fully saturated rings. The van der Waals surface area contributed by atoms with Crippen LogP contribution in [0.2, 0.25) is 0 Å². The van der Waals surface area contributed by atoms with Crippen molar-refractivity contribution in [1.82, 2.24) is 24.5 Å². The molecule has 1 unspecified atom stereocenters. The third-order valence-electron chi connectivity index (χ3n) is 5.19. The van der Waals surface area contributed by atoms with Crippen LogP contribution in [0.3, 0.4) is 0 Å². The first kappa shape index (κ1) is 17.5. The van der Waals surface area contributed by atoms with Crippen LogP contribution in [0.5, 0.6) is 0 Å². The van der Waals surface area contributed by atoms with Gasteiger partial charge in [-0.3, -0.25) is 9.78 Å². The maximum atomic E-state index is 12.2. The number of fused-ring (bicyclic) bond motifs is 1. The molecule has 0 aromatic carbocycles. The summed E-state index contributed by atoms with van der Waals surface area (Å²) >= 11 is 0. The molecule has 4 rings (SSSR count). The molecule has 27 heavy (non-hydrogen) atoms. The first-order valence-electron chi connectivity index (χ1n) is 9.43. The SMILES string of the molecule is CCCC(=O)N(C)C1CCN(c2ccn3ncc(-c4ccccn4)c3n2)C1. The number of nitrogens with zero attached hydrogens (tertiary/aromatic N) is 6. The molecule has 1 amide bonds. The number of pyridine rings is 1. The van der Waals surface area contributed by atoms with Crippen molar-refractivity contribution in [2.24, 2.45) is 0 Å². The number of anilines is 1. The second kappa shape index (κ2) is 7.34. The largest absolute Gasteiger partial charge is 0.354 e. The average molecular weight is 364 g/mol. The number of hydrogen-bond acceptors (Lipinski definition) is 5. The van der Waals surface area contributed by atoms with E-state index in [9.17, 15) is 4.79 Å². The lowest BCUT2D eigenvalue weighted by molar-refractivity contribution is -0.131. The van der Waals surface area contributed by atoms with Gasteiger partial charge in [-0.2, -0.15) is 5.10 Å². The summed E-state index contributed by atoms with van der Waals surface area (Å²) < 4.78 is 1.78. The third kappa shape index (κ3) is 3.37. The van der Waals surface area contributed by atoms with Crippen LogP contribution < -0.4 is 4.90 Å². The molecular weight excluding hydrogens is 340 g/mol. The van der Waals surface area contributed by atoms with E-state index < -0.39 is 0 Å². The topological polar surface area (TPSA) is 66.6 Å². The first-order valence-corrected chi connectivity index (χ1v) is 9.43. The zero-order chi connectivity index (χ0) is 18.8.